The van der Waals surface area contributed by atoms with E-state index in [0.717, 1.165) is 0 Å². The smallest absolute Gasteiger partial charge is 0.262 e. The minimum Gasteiger partial charge on any atom is -0.365 e. The number of carbonyl (C=O) groups excluding carboxylic acids is 1. The number of hydrogen-bond acceptors (Lipinski definition) is 2. The number of primary amides is 1. The van der Waals surface area contributed by atoms with Crippen molar-refractivity contribution >= 4 is 11.6 Å². The van der Waals surface area contributed by atoms with Gasteiger partial charge in [-0.05, 0) is 12.3 Å². The second-order valence-corrected chi connectivity index (χ2v) is 2.63. The van der Waals surface area contributed by atoms with Crippen molar-refractivity contribution in [1.82, 2.24) is 0 Å². The van der Waals surface area contributed by atoms with Crippen LogP contribution in [0.4, 0.5) is 0 Å². The Morgan fingerprint density at radius 1 is 1.60 bits per heavy atom. The highest BCUT2D eigenvalue weighted by atomic mass is 16.1. The van der Waals surface area contributed by atoms with Crippen LogP contribution in [-0.4, -0.2) is 18.7 Å². The van der Waals surface area contributed by atoms with Crippen molar-refractivity contribution in [1.29, 1.82) is 0 Å². The fourth-order valence-corrected chi connectivity index (χ4v) is 0.689. The van der Waals surface area contributed by atoms with Crippen molar-refractivity contribution in [3.8, 4) is 0 Å². The van der Waals surface area contributed by atoms with E-state index in [4.69, 9.17) is 5.73 Å². The molecule has 1 amide bonds. The van der Waals surface area contributed by atoms with Crippen LogP contribution in [0.1, 0.15) is 20.3 Å². The van der Waals surface area contributed by atoms with E-state index < -0.39 is 5.91 Å². The van der Waals surface area contributed by atoms with Crippen LogP contribution in [0.2, 0.25) is 0 Å². The van der Waals surface area contributed by atoms with Crippen LogP contribution in [0, 0.1) is 5.92 Å². The molecule has 0 aliphatic heterocycles. The van der Waals surface area contributed by atoms with E-state index in [1.165, 1.54) is 0 Å². The molecule has 3 heteroatoms. The summed E-state index contributed by atoms with van der Waals surface area (Å²) in [5.41, 5.74) is 5.51. The second-order valence-electron chi connectivity index (χ2n) is 2.63. The largest absolute Gasteiger partial charge is 0.365 e. The Kier molecular flexibility index (Phi) is 3.69. The molecule has 0 heterocycles. The van der Waals surface area contributed by atoms with Gasteiger partial charge >= 0.3 is 0 Å². The van der Waals surface area contributed by atoms with Crippen LogP contribution in [0.15, 0.2) is 4.99 Å². The normalized spacial score (nSPS) is 12.2. The van der Waals surface area contributed by atoms with Gasteiger partial charge in [0, 0.05) is 7.05 Å². The maximum atomic E-state index is 10.6. The Morgan fingerprint density at radius 3 is 2.20 bits per heavy atom. The van der Waals surface area contributed by atoms with Crippen LogP contribution in [-0.2, 0) is 4.79 Å². The molecule has 0 aliphatic carbocycles. The van der Waals surface area contributed by atoms with E-state index in [1.807, 2.05) is 13.8 Å². The molecule has 0 radical (unpaired) electrons. The maximum absolute atomic E-state index is 10.6. The first-order chi connectivity index (χ1) is 4.57. The summed E-state index contributed by atoms with van der Waals surface area (Å²) in [6.45, 7) is 4.04. The Labute approximate surface area is 61.3 Å². The highest BCUT2D eigenvalue weighted by molar-refractivity contribution is 6.38. The summed E-state index contributed by atoms with van der Waals surface area (Å²) in [5, 5.41) is 0. The first kappa shape index (κ1) is 9.14. The summed E-state index contributed by atoms with van der Waals surface area (Å²) in [4.78, 5) is 14.3. The van der Waals surface area contributed by atoms with Gasteiger partial charge in [-0.2, -0.15) is 0 Å². The van der Waals surface area contributed by atoms with Crippen molar-refractivity contribution in [2.24, 2.45) is 16.6 Å². The molecular weight excluding hydrogens is 128 g/mol. The lowest BCUT2D eigenvalue weighted by molar-refractivity contribution is -0.112. The third kappa shape index (κ3) is 3.22. The molecule has 2 N–H and O–H groups in total. The molecule has 0 aromatic carbocycles. The predicted octanol–water partition coefficient (Wildman–Crippen LogP) is 0.589. The molecule has 0 spiro atoms. The topological polar surface area (TPSA) is 55.4 Å². The van der Waals surface area contributed by atoms with Crippen LogP contribution < -0.4 is 5.73 Å². The van der Waals surface area contributed by atoms with Gasteiger partial charge in [-0.15, -0.1) is 0 Å². The van der Waals surface area contributed by atoms with Crippen LogP contribution >= 0.6 is 0 Å². The molecule has 0 saturated heterocycles. The number of hydrogen-bond donors (Lipinski definition) is 1. The lowest BCUT2D eigenvalue weighted by Gasteiger charge is -2.02. The summed E-state index contributed by atoms with van der Waals surface area (Å²) >= 11 is 0. The fraction of sp³-hybridized carbons (Fsp3) is 0.714. The van der Waals surface area contributed by atoms with Crippen molar-refractivity contribution in [3.63, 3.8) is 0 Å². The first-order valence-corrected chi connectivity index (χ1v) is 3.33. The van der Waals surface area contributed by atoms with Crippen molar-refractivity contribution in [2.45, 2.75) is 20.3 Å². The Balaban J connectivity index is 3.99. The van der Waals surface area contributed by atoms with Crippen molar-refractivity contribution < 1.29 is 4.79 Å². The number of rotatable bonds is 3. The summed E-state index contributed by atoms with van der Waals surface area (Å²) in [5.74, 6) is 0.0300. The van der Waals surface area contributed by atoms with E-state index in [2.05, 4.69) is 4.99 Å². The molecule has 0 rings (SSSR count). The minimum absolute atomic E-state index is 0.406. The summed E-state index contributed by atoms with van der Waals surface area (Å²) in [6, 6.07) is 0. The van der Waals surface area contributed by atoms with Gasteiger partial charge in [0.15, 0.2) is 0 Å². The molecule has 0 bridgehead atoms. The zero-order valence-electron chi connectivity index (χ0n) is 6.72. The standard InChI is InChI=1S/C7H14N2O/c1-5(2)4-6(9-3)7(8)10/h5H,4H2,1-3H3,(H2,8,10)/b9-6+. The average molecular weight is 142 g/mol. The van der Waals surface area contributed by atoms with Crippen molar-refractivity contribution in [2.75, 3.05) is 7.05 Å². The van der Waals surface area contributed by atoms with E-state index in [9.17, 15) is 4.79 Å². The lowest BCUT2D eigenvalue weighted by atomic mass is 10.1. The second kappa shape index (κ2) is 4.04. The SMILES string of the molecule is C/N=C(\CC(C)C)C(N)=O. The Morgan fingerprint density at radius 2 is 2.10 bits per heavy atom. The van der Waals surface area contributed by atoms with Gasteiger partial charge in [0.1, 0.15) is 0 Å². The maximum Gasteiger partial charge on any atom is 0.262 e. The average Bonchev–Trinajstić information content (AvgIpc) is 1.81. The van der Waals surface area contributed by atoms with Crippen molar-refractivity contribution in [3.05, 3.63) is 0 Å². The molecule has 10 heavy (non-hydrogen) atoms. The third-order valence-electron chi connectivity index (χ3n) is 1.16. The number of nitrogens with zero attached hydrogens (tertiary/aromatic N) is 1. The van der Waals surface area contributed by atoms with E-state index in [1.54, 1.807) is 7.05 Å². The number of amides is 1. The molecule has 0 fully saturated rings. The zero-order valence-corrected chi connectivity index (χ0v) is 6.72. The summed E-state index contributed by atoms with van der Waals surface area (Å²) < 4.78 is 0. The molecule has 0 aromatic heterocycles. The van der Waals surface area contributed by atoms with Gasteiger partial charge in [0.2, 0.25) is 0 Å². The van der Waals surface area contributed by atoms with E-state index in [-0.39, 0.29) is 0 Å². The van der Waals surface area contributed by atoms with Gasteiger partial charge in [0.25, 0.3) is 5.91 Å². The first-order valence-electron chi connectivity index (χ1n) is 3.33. The number of carbonyl (C=O) groups is 1. The summed E-state index contributed by atoms with van der Waals surface area (Å²) in [7, 11) is 1.59. The van der Waals surface area contributed by atoms with Gasteiger partial charge in [0.05, 0.1) is 5.71 Å². The van der Waals surface area contributed by atoms with Gasteiger partial charge < -0.3 is 5.73 Å². The highest BCUT2D eigenvalue weighted by Crippen LogP contribution is 2.00. The van der Waals surface area contributed by atoms with Crippen LogP contribution in [0.3, 0.4) is 0 Å². The van der Waals surface area contributed by atoms with Crippen LogP contribution in [0.5, 0.6) is 0 Å². The van der Waals surface area contributed by atoms with E-state index >= 15 is 0 Å². The Hall–Kier alpha value is -0.860. The predicted molar refractivity (Wildman–Crippen MR) is 42.0 cm³/mol. The van der Waals surface area contributed by atoms with Gasteiger partial charge in [-0.3, -0.25) is 9.79 Å². The Bertz CT molecular complexity index is 150. The van der Waals surface area contributed by atoms with E-state index in [0.29, 0.717) is 18.1 Å². The van der Waals surface area contributed by atoms with Gasteiger partial charge in [-0.1, -0.05) is 13.8 Å². The number of nitrogens with two attached hydrogens (primary N) is 1. The third-order valence-corrected chi connectivity index (χ3v) is 1.16. The monoisotopic (exact) mass is 142 g/mol. The molecule has 0 aliphatic rings. The molecule has 0 aromatic rings. The molecule has 0 saturated carbocycles. The lowest BCUT2D eigenvalue weighted by Crippen LogP contribution is -2.24. The minimum atomic E-state index is -0.406. The van der Waals surface area contributed by atoms with Gasteiger partial charge in [-0.25, -0.2) is 0 Å². The quantitative estimate of drug-likeness (QED) is 0.576. The molecule has 0 unspecified atom stereocenters. The molecule has 0 atom stereocenters. The van der Waals surface area contributed by atoms with Crippen LogP contribution in [0.25, 0.3) is 0 Å². The molecule has 3 nitrogen and oxygen atoms in total. The zero-order chi connectivity index (χ0) is 8.15. The highest BCUT2D eigenvalue weighted by Gasteiger charge is 2.06. The number of aliphatic imine (C=N–C) groups is 1. The summed E-state index contributed by atoms with van der Waals surface area (Å²) in [6.07, 6.45) is 0.672. The fourth-order valence-electron chi connectivity index (χ4n) is 0.689. The molecular formula is C7H14N2O. The molecule has 58 valence electrons.